The van der Waals surface area contributed by atoms with Crippen molar-refractivity contribution in [3.05, 3.63) is 58.4 Å². The summed E-state index contributed by atoms with van der Waals surface area (Å²) in [5, 5.41) is 20.2. The van der Waals surface area contributed by atoms with E-state index in [0.29, 0.717) is 11.3 Å². The van der Waals surface area contributed by atoms with Gasteiger partial charge in [-0.05, 0) is 24.3 Å². The van der Waals surface area contributed by atoms with Crippen molar-refractivity contribution >= 4 is 5.97 Å². The number of carbonyl (C=O) groups is 1. The van der Waals surface area contributed by atoms with Gasteiger partial charge in [-0.25, -0.2) is 13.9 Å². The summed E-state index contributed by atoms with van der Waals surface area (Å²) in [5.74, 6) is -1.89. The van der Waals surface area contributed by atoms with E-state index in [9.17, 15) is 14.0 Å². The molecule has 8 nitrogen and oxygen atoms in total. The smallest absolute Gasteiger partial charge is 0.356 e. The van der Waals surface area contributed by atoms with Crippen molar-refractivity contribution < 1.29 is 14.3 Å². The molecule has 116 valence electrons. The van der Waals surface area contributed by atoms with E-state index in [1.807, 2.05) is 0 Å². The van der Waals surface area contributed by atoms with Crippen molar-refractivity contribution in [1.82, 2.24) is 24.8 Å². The van der Waals surface area contributed by atoms with E-state index in [1.54, 1.807) is 7.05 Å². The number of carboxylic acids is 1. The topological polar surface area (TPSA) is 103 Å². The van der Waals surface area contributed by atoms with Crippen LogP contribution in [0.25, 0.3) is 16.9 Å². The van der Waals surface area contributed by atoms with E-state index in [4.69, 9.17) is 5.11 Å². The molecule has 0 atom stereocenters. The lowest BCUT2D eigenvalue weighted by atomic mass is 10.1. The fraction of sp³-hybridized carbons (Fsp3) is 0.0714. The Morgan fingerprint density at radius 1 is 1.26 bits per heavy atom. The summed E-state index contributed by atoms with van der Waals surface area (Å²) in [5.41, 5.74) is 0.178. The first-order valence-electron chi connectivity index (χ1n) is 6.45. The molecular weight excluding hydrogens is 305 g/mol. The van der Waals surface area contributed by atoms with Gasteiger partial charge in [0.25, 0.3) is 5.56 Å². The van der Waals surface area contributed by atoms with Gasteiger partial charge in [0.05, 0.1) is 17.6 Å². The van der Waals surface area contributed by atoms with Crippen molar-refractivity contribution in [2.45, 2.75) is 0 Å². The van der Waals surface area contributed by atoms with Crippen LogP contribution < -0.4 is 5.56 Å². The lowest BCUT2D eigenvalue weighted by molar-refractivity contribution is 0.0688. The largest absolute Gasteiger partial charge is 0.476 e. The van der Waals surface area contributed by atoms with Gasteiger partial charge in [-0.2, -0.15) is 9.78 Å². The maximum Gasteiger partial charge on any atom is 0.356 e. The number of halogens is 1. The quantitative estimate of drug-likeness (QED) is 0.769. The molecule has 0 spiro atoms. The van der Waals surface area contributed by atoms with Gasteiger partial charge in [-0.3, -0.25) is 4.79 Å². The number of hydrogen-bond acceptors (Lipinski definition) is 5. The van der Waals surface area contributed by atoms with Crippen LogP contribution in [0.1, 0.15) is 10.5 Å². The van der Waals surface area contributed by atoms with Gasteiger partial charge >= 0.3 is 5.97 Å². The Labute approximate surface area is 128 Å². The van der Waals surface area contributed by atoms with Gasteiger partial charge in [0.15, 0.2) is 5.69 Å². The fourth-order valence-corrected chi connectivity index (χ4v) is 2.11. The van der Waals surface area contributed by atoms with Crippen LogP contribution in [-0.2, 0) is 7.05 Å². The molecule has 0 radical (unpaired) electrons. The molecule has 2 heterocycles. The first-order chi connectivity index (χ1) is 11.0. The molecular formula is C14H10FN5O3. The summed E-state index contributed by atoms with van der Waals surface area (Å²) in [6.45, 7) is 0. The Kier molecular flexibility index (Phi) is 3.45. The lowest BCUT2D eigenvalue weighted by Crippen LogP contribution is -2.22. The molecule has 0 aliphatic heterocycles. The van der Waals surface area contributed by atoms with Crippen molar-refractivity contribution in [1.29, 1.82) is 0 Å². The Hall–Kier alpha value is -3.36. The second-order valence-electron chi connectivity index (χ2n) is 4.71. The SMILES string of the molecule is Cn1nncc1-c1cc(F)cc(-n2nc(C(=O)O)ccc2=O)c1. The highest BCUT2D eigenvalue weighted by molar-refractivity contribution is 5.84. The zero-order chi connectivity index (χ0) is 16.6. The maximum atomic E-state index is 13.9. The van der Waals surface area contributed by atoms with E-state index in [-0.39, 0.29) is 11.4 Å². The van der Waals surface area contributed by atoms with Crippen LogP contribution in [-0.4, -0.2) is 35.9 Å². The highest BCUT2D eigenvalue weighted by Gasteiger charge is 2.12. The molecule has 1 N–H and O–H groups in total. The van der Waals surface area contributed by atoms with Crippen LogP contribution in [0.15, 0.2) is 41.3 Å². The van der Waals surface area contributed by atoms with Gasteiger partial charge < -0.3 is 5.11 Å². The van der Waals surface area contributed by atoms with Crippen LogP contribution in [0.3, 0.4) is 0 Å². The van der Waals surface area contributed by atoms with Gasteiger partial charge in [0, 0.05) is 18.7 Å². The van der Waals surface area contributed by atoms with Crippen LogP contribution in [0.2, 0.25) is 0 Å². The zero-order valence-electron chi connectivity index (χ0n) is 11.8. The molecule has 0 saturated heterocycles. The summed E-state index contributed by atoms with van der Waals surface area (Å²) in [6.07, 6.45) is 1.45. The molecule has 1 aromatic carbocycles. The number of hydrogen-bond donors (Lipinski definition) is 1. The molecule has 3 aromatic rings. The number of rotatable bonds is 3. The van der Waals surface area contributed by atoms with E-state index in [2.05, 4.69) is 15.4 Å². The summed E-state index contributed by atoms with van der Waals surface area (Å²) in [7, 11) is 1.64. The Morgan fingerprint density at radius 3 is 2.70 bits per heavy atom. The Bertz CT molecular complexity index is 963. The zero-order valence-corrected chi connectivity index (χ0v) is 11.8. The molecule has 23 heavy (non-hydrogen) atoms. The second kappa shape index (κ2) is 5.44. The molecule has 2 aromatic heterocycles. The third kappa shape index (κ3) is 2.71. The summed E-state index contributed by atoms with van der Waals surface area (Å²) < 4.78 is 16.2. The Morgan fingerprint density at radius 2 is 2.04 bits per heavy atom. The number of aromatic nitrogens is 5. The van der Waals surface area contributed by atoms with E-state index in [1.165, 1.54) is 23.0 Å². The normalized spacial score (nSPS) is 10.7. The molecule has 0 fully saturated rings. The van der Waals surface area contributed by atoms with Crippen molar-refractivity contribution in [3.63, 3.8) is 0 Å². The van der Waals surface area contributed by atoms with E-state index < -0.39 is 17.3 Å². The molecule has 0 bridgehead atoms. The summed E-state index contributed by atoms with van der Waals surface area (Å²) in [4.78, 5) is 22.9. The third-order valence-electron chi connectivity index (χ3n) is 3.16. The van der Waals surface area contributed by atoms with Crippen molar-refractivity contribution in [2.24, 2.45) is 7.05 Å². The standard InChI is InChI=1S/C14H10FN5O3/c1-19-12(7-16-18-19)8-4-9(15)6-10(5-8)20-13(21)3-2-11(17-20)14(22)23/h2-7H,1H3,(H,22,23). The van der Waals surface area contributed by atoms with Crippen LogP contribution >= 0.6 is 0 Å². The van der Waals surface area contributed by atoms with Gasteiger partial charge in [-0.1, -0.05) is 5.21 Å². The number of carboxylic acid groups (broad SMARTS) is 1. The predicted octanol–water partition coefficient (Wildman–Crippen LogP) is 0.865. The number of nitrogens with zero attached hydrogens (tertiary/aromatic N) is 5. The predicted molar refractivity (Wildman–Crippen MR) is 76.7 cm³/mol. The Balaban J connectivity index is 2.20. The highest BCUT2D eigenvalue weighted by Crippen LogP contribution is 2.21. The van der Waals surface area contributed by atoms with E-state index >= 15 is 0 Å². The minimum Gasteiger partial charge on any atom is -0.476 e. The van der Waals surface area contributed by atoms with E-state index in [0.717, 1.165) is 22.9 Å². The highest BCUT2D eigenvalue weighted by atomic mass is 19.1. The minimum atomic E-state index is -1.29. The van der Waals surface area contributed by atoms with Crippen LogP contribution in [0, 0.1) is 5.82 Å². The van der Waals surface area contributed by atoms with Crippen molar-refractivity contribution in [2.75, 3.05) is 0 Å². The van der Waals surface area contributed by atoms with Gasteiger partial charge in [0.2, 0.25) is 0 Å². The minimum absolute atomic E-state index is 0.106. The van der Waals surface area contributed by atoms with Crippen LogP contribution in [0.4, 0.5) is 4.39 Å². The molecule has 0 saturated carbocycles. The molecule has 0 aliphatic carbocycles. The first kappa shape index (κ1) is 14.6. The first-order valence-corrected chi connectivity index (χ1v) is 6.45. The second-order valence-corrected chi connectivity index (χ2v) is 4.71. The van der Waals surface area contributed by atoms with Gasteiger partial charge in [-0.15, -0.1) is 5.10 Å². The van der Waals surface area contributed by atoms with Gasteiger partial charge in [0.1, 0.15) is 5.82 Å². The molecule has 0 amide bonds. The third-order valence-corrected chi connectivity index (χ3v) is 3.16. The fourth-order valence-electron chi connectivity index (χ4n) is 2.11. The van der Waals surface area contributed by atoms with Crippen molar-refractivity contribution in [3.8, 4) is 16.9 Å². The summed E-state index contributed by atoms with van der Waals surface area (Å²) >= 11 is 0. The number of aryl methyl sites for hydroxylation is 1. The average molecular weight is 315 g/mol. The average Bonchev–Trinajstić information content (AvgIpc) is 2.93. The molecule has 0 aliphatic rings. The monoisotopic (exact) mass is 315 g/mol. The maximum absolute atomic E-state index is 13.9. The molecule has 3 rings (SSSR count). The molecule has 9 heteroatoms. The molecule has 0 unspecified atom stereocenters. The van der Waals surface area contributed by atoms with Crippen LogP contribution in [0.5, 0.6) is 0 Å². The number of benzene rings is 1. The summed E-state index contributed by atoms with van der Waals surface area (Å²) in [6, 6.07) is 6.00. The lowest BCUT2D eigenvalue weighted by Gasteiger charge is -2.08. The number of aromatic carboxylic acids is 1.